The van der Waals surface area contributed by atoms with Gasteiger partial charge in [0.05, 0.1) is 21.1 Å². The number of fused-ring (bicyclic) bond motifs is 1. The van der Waals surface area contributed by atoms with Crippen LogP contribution < -0.4 is 5.32 Å². The summed E-state index contributed by atoms with van der Waals surface area (Å²) < 4.78 is 2.04. The van der Waals surface area contributed by atoms with E-state index in [4.69, 9.17) is 39.8 Å². The van der Waals surface area contributed by atoms with Crippen LogP contribution >= 0.6 is 34.8 Å². The molecule has 0 bridgehead atoms. The van der Waals surface area contributed by atoms with Crippen molar-refractivity contribution in [1.29, 1.82) is 0 Å². The molecule has 1 amide bonds. The number of amides is 1. The predicted molar refractivity (Wildman–Crippen MR) is 110 cm³/mol. The molecule has 0 spiro atoms. The van der Waals surface area contributed by atoms with Gasteiger partial charge in [-0.1, -0.05) is 53.0 Å². The Kier molecular flexibility index (Phi) is 5.31. The first-order chi connectivity index (χ1) is 13.0. The highest BCUT2D eigenvalue weighted by Crippen LogP contribution is 2.30. The lowest BCUT2D eigenvalue weighted by Gasteiger charge is -2.11. The molecule has 0 unspecified atom stereocenters. The average Bonchev–Trinajstić information content (AvgIpc) is 3.38. The van der Waals surface area contributed by atoms with Gasteiger partial charge in [-0.3, -0.25) is 4.79 Å². The van der Waals surface area contributed by atoms with Crippen molar-refractivity contribution < 1.29 is 4.79 Å². The summed E-state index contributed by atoms with van der Waals surface area (Å²) in [6.45, 7) is 0.521. The lowest BCUT2D eigenvalue weighted by atomic mass is 10.1. The molecule has 1 aromatic heterocycles. The van der Waals surface area contributed by atoms with E-state index in [-0.39, 0.29) is 5.91 Å². The molecule has 1 aliphatic rings. The van der Waals surface area contributed by atoms with E-state index >= 15 is 0 Å². The summed E-state index contributed by atoms with van der Waals surface area (Å²) in [5, 5.41) is 4.65. The quantitative estimate of drug-likeness (QED) is 0.589. The van der Waals surface area contributed by atoms with Crippen LogP contribution in [-0.2, 0) is 17.8 Å². The summed E-state index contributed by atoms with van der Waals surface area (Å²) in [6, 6.07) is 11.6. The third kappa shape index (κ3) is 4.23. The lowest BCUT2D eigenvalue weighted by molar-refractivity contribution is -0.121. The second-order valence-corrected chi connectivity index (χ2v) is 8.02. The van der Waals surface area contributed by atoms with Crippen LogP contribution in [0, 0.1) is 0 Å². The molecule has 3 aromatic rings. The summed E-state index contributed by atoms with van der Waals surface area (Å²) in [4.78, 5) is 16.9. The zero-order chi connectivity index (χ0) is 19.0. The van der Waals surface area contributed by atoms with Crippen molar-refractivity contribution >= 4 is 51.7 Å². The van der Waals surface area contributed by atoms with Crippen molar-refractivity contribution in [1.82, 2.24) is 14.9 Å². The van der Waals surface area contributed by atoms with Gasteiger partial charge in [0.2, 0.25) is 5.91 Å². The van der Waals surface area contributed by atoms with E-state index in [1.54, 1.807) is 12.1 Å². The number of nitrogens with one attached hydrogen (secondary N) is 1. The number of carbonyl (C=O) groups is 1. The fourth-order valence-corrected chi connectivity index (χ4v) is 3.63. The Morgan fingerprint density at radius 2 is 1.85 bits per heavy atom. The molecule has 1 saturated carbocycles. The summed E-state index contributed by atoms with van der Waals surface area (Å²) in [7, 11) is 0. The standard InChI is InChI=1S/C20H18Cl3N3O/c21-14-4-2-1-3-12(14)9-19-25-17-10-15(22)16(23)11-18(17)26(19)8-7-20(27)24-13-5-6-13/h1-4,10-11,13H,5-9H2,(H,24,27). The smallest absolute Gasteiger partial charge is 0.222 e. The molecule has 7 heteroatoms. The summed E-state index contributed by atoms with van der Waals surface area (Å²) in [5.41, 5.74) is 2.61. The predicted octanol–water partition coefficient (Wildman–Crippen LogP) is 5.26. The van der Waals surface area contributed by atoms with Crippen molar-refractivity contribution in [3.05, 3.63) is 62.9 Å². The molecule has 0 aliphatic heterocycles. The summed E-state index contributed by atoms with van der Waals surface area (Å²) in [6.07, 6.45) is 3.10. The molecular weight excluding hydrogens is 405 g/mol. The highest BCUT2D eigenvalue weighted by molar-refractivity contribution is 6.42. The average molecular weight is 423 g/mol. The number of halogens is 3. The van der Waals surface area contributed by atoms with Crippen LogP contribution in [0.3, 0.4) is 0 Å². The Bertz CT molecular complexity index is 1010. The fourth-order valence-electron chi connectivity index (χ4n) is 3.11. The monoisotopic (exact) mass is 421 g/mol. The summed E-state index contributed by atoms with van der Waals surface area (Å²) >= 11 is 18.7. The van der Waals surface area contributed by atoms with Gasteiger partial charge in [-0.15, -0.1) is 0 Å². The van der Waals surface area contributed by atoms with Crippen LogP contribution in [0.4, 0.5) is 0 Å². The molecule has 1 aliphatic carbocycles. The SMILES string of the molecule is O=C(CCn1c(Cc2ccccc2Cl)nc2cc(Cl)c(Cl)cc21)NC1CC1. The van der Waals surface area contributed by atoms with Crippen LogP contribution in [0.15, 0.2) is 36.4 Å². The molecule has 2 aromatic carbocycles. The second kappa shape index (κ2) is 7.70. The molecular formula is C20H18Cl3N3O. The fraction of sp³-hybridized carbons (Fsp3) is 0.300. The topological polar surface area (TPSA) is 46.9 Å². The van der Waals surface area contributed by atoms with E-state index in [2.05, 4.69) is 5.32 Å². The maximum Gasteiger partial charge on any atom is 0.222 e. The van der Waals surface area contributed by atoms with Gasteiger partial charge in [-0.25, -0.2) is 4.98 Å². The number of carbonyl (C=O) groups excluding carboxylic acids is 1. The van der Waals surface area contributed by atoms with E-state index in [0.29, 0.717) is 40.5 Å². The van der Waals surface area contributed by atoms with E-state index in [0.717, 1.165) is 35.3 Å². The molecule has 27 heavy (non-hydrogen) atoms. The molecule has 0 radical (unpaired) electrons. The van der Waals surface area contributed by atoms with Gasteiger partial charge >= 0.3 is 0 Å². The number of nitrogens with zero attached hydrogens (tertiary/aromatic N) is 2. The Labute approximate surface area is 172 Å². The minimum Gasteiger partial charge on any atom is -0.353 e. The number of benzene rings is 2. The number of imidazole rings is 1. The molecule has 4 rings (SSSR count). The van der Waals surface area contributed by atoms with Gasteiger partial charge < -0.3 is 9.88 Å². The van der Waals surface area contributed by atoms with E-state index in [1.807, 2.05) is 28.8 Å². The Morgan fingerprint density at radius 3 is 2.59 bits per heavy atom. The van der Waals surface area contributed by atoms with Crippen LogP contribution in [0.2, 0.25) is 15.1 Å². The van der Waals surface area contributed by atoms with Gasteiger partial charge in [0.15, 0.2) is 0 Å². The van der Waals surface area contributed by atoms with Crippen molar-refractivity contribution in [2.45, 2.75) is 38.3 Å². The van der Waals surface area contributed by atoms with Gasteiger partial charge in [0.25, 0.3) is 0 Å². The van der Waals surface area contributed by atoms with Gasteiger partial charge in [-0.2, -0.15) is 0 Å². The maximum atomic E-state index is 12.2. The van der Waals surface area contributed by atoms with Crippen LogP contribution in [0.5, 0.6) is 0 Å². The van der Waals surface area contributed by atoms with E-state index in [1.165, 1.54) is 0 Å². The van der Waals surface area contributed by atoms with Crippen molar-refractivity contribution in [3.8, 4) is 0 Å². The zero-order valence-electron chi connectivity index (χ0n) is 14.5. The Hall–Kier alpha value is -1.75. The molecule has 1 heterocycles. The Balaban J connectivity index is 1.67. The molecule has 1 fully saturated rings. The third-order valence-corrected chi connectivity index (χ3v) is 5.77. The van der Waals surface area contributed by atoms with Crippen LogP contribution in [0.1, 0.15) is 30.7 Å². The highest BCUT2D eigenvalue weighted by Gasteiger charge is 2.23. The van der Waals surface area contributed by atoms with Gasteiger partial charge in [0.1, 0.15) is 5.82 Å². The molecule has 1 N–H and O–H groups in total. The maximum absolute atomic E-state index is 12.2. The molecule has 0 atom stereocenters. The number of hydrogen-bond acceptors (Lipinski definition) is 2. The van der Waals surface area contributed by atoms with E-state index < -0.39 is 0 Å². The first-order valence-electron chi connectivity index (χ1n) is 8.88. The van der Waals surface area contributed by atoms with Crippen LogP contribution in [-0.4, -0.2) is 21.5 Å². The zero-order valence-corrected chi connectivity index (χ0v) is 16.8. The second-order valence-electron chi connectivity index (χ2n) is 6.79. The van der Waals surface area contributed by atoms with Crippen molar-refractivity contribution in [3.63, 3.8) is 0 Å². The number of rotatable bonds is 6. The first kappa shape index (κ1) is 18.6. The minimum absolute atomic E-state index is 0.0584. The number of aryl methyl sites for hydroxylation is 1. The van der Waals surface area contributed by atoms with Crippen molar-refractivity contribution in [2.24, 2.45) is 0 Å². The molecule has 140 valence electrons. The van der Waals surface area contributed by atoms with Gasteiger partial charge in [0, 0.05) is 30.5 Å². The van der Waals surface area contributed by atoms with Crippen molar-refractivity contribution in [2.75, 3.05) is 0 Å². The highest BCUT2D eigenvalue weighted by atomic mass is 35.5. The Morgan fingerprint density at radius 1 is 1.11 bits per heavy atom. The normalized spacial score (nSPS) is 13.9. The largest absolute Gasteiger partial charge is 0.353 e. The lowest BCUT2D eigenvalue weighted by Crippen LogP contribution is -2.26. The number of hydrogen-bond donors (Lipinski definition) is 1. The number of aromatic nitrogens is 2. The van der Waals surface area contributed by atoms with Gasteiger partial charge in [-0.05, 0) is 36.6 Å². The molecule has 4 nitrogen and oxygen atoms in total. The molecule has 0 saturated heterocycles. The minimum atomic E-state index is 0.0584. The summed E-state index contributed by atoms with van der Waals surface area (Å²) in [5.74, 6) is 0.888. The van der Waals surface area contributed by atoms with E-state index in [9.17, 15) is 4.79 Å². The van der Waals surface area contributed by atoms with Crippen LogP contribution in [0.25, 0.3) is 11.0 Å². The first-order valence-corrected chi connectivity index (χ1v) is 10.0. The third-order valence-electron chi connectivity index (χ3n) is 4.68.